The quantitative estimate of drug-likeness (QED) is 0.728. The predicted octanol–water partition coefficient (Wildman–Crippen LogP) is 2.93. The van der Waals surface area contributed by atoms with E-state index in [9.17, 15) is 14.4 Å². The van der Waals surface area contributed by atoms with E-state index in [1.54, 1.807) is 18.2 Å². The molecule has 1 atom stereocenters. The van der Waals surface area contributed by atoms with E-state index in [0.29, 0.717) is 23.7 Å². The van der Waals surface area contributed by atoms with Gasteiger partial charge < -0.3 is 19.7 Å². The average molecular weight is 396 g/mol. The first kappa shape index (κ1) is 20.4. The summed E-state index contributed by atoms with van der Waals surface area (Å²) in [6.07, 6.45) is 0.0404. The van der Waals surface area contributed by atoms with Crippen LogP contribution in [0.1, 0.15) is 18.9 Å². The Hall–Kier alpha value is -3.35. The van der Waals surface area contributed by atoms with Gasteiger partial charge in [0.2, 0.25) is 5.91 Å². The standard InChI is InChI=1S/C22H24N2O5/c1-3-28-19-11-7-6-10-18(19)24-13-16(12-21(24)26)22(27)29-14-20(25)23-17-9-5-4-8-15(17)2/h4-11,16H,3,12-14H2,1-2H3,(H,23,25)/t16-/m0/s1. The van der Waals surface area contributed by atoms with E-state index in [0.717, 1.165) is 5.56 Å². The van der Waals surface area contributed by atoms with E-state index in [2.05, 4.69) is 5.32 Å². The van der Waals surface area contributed by atoms with Crippen molar-refractivity contribution >= 4 is 29.2 Å². The van der Waals surface area contributed by atoms with Gasteiger partial charge in [0.05, 0.1) is 18.2 Å². The summed E-state index contributed by atoms with van der Waals surface area (Å²) in [5, 5.41) is 2.71. The predicted molar refractivity (Wildman–Crippen MR) is 109 cm³/mol. The minimum Gasteiger partial charge on any atom is -0.492 e. The van der Waals surface area contributed by atoms with Crippen molar-refractivity contribution in [2.24, 2.45) is 5.92 Å². The number of carbonyl (C=O) groups excluding carboxylic acids is 3. The van der Waals surface area contributed by atoms with Crippen LogP contribution in [0.5, 0.6) is 5.75 Å². The molecule has 0 bridgehead atoms. The Kier molecular flexibility index (Phi) is 6.49. The number of hydrogen-bond acceptors (Lipinski definition) is 5. The van der Waals surface area contributed by atoms with Gasteiger partial charge in [-0.15, -0.1) is 0 Å². The molecule has 3 rings (SSSR count). The smallest absolute Gasteiger partial charge is 0.311 e. The molecule has 7 heteroatoms. The lowest BCUT2D eigenvalue weighted by atomic mass is 10.1. The molecule has 7 nitrogen and oxygen atoms in total. The molecule has 29 heavy (non-hydrogen) atoms. The van der Waals surface area contributed by atoms with Crippen LogP contribution < -0.4 is 15.0 Å². The SMILES string of the molecule is CCOc1ccccc1N1C[C@@H](C(=O)OCC(=O)Nc2ccccc2C)CC1=O. The summed E-state index contributed by atoms with van der Waals surface area (Å²) < 4.78 is 10.7. The number of aryl methyl sites for hydroxylation is 1. The minimum atomic E-state index is -0.622. The highest BCUT2D eigenvalue weighted by molar-refractivity contribution is 6.01. The molecule has 1 heterocycles. The van der Waals surface area contributed by atoms with Crippen molar-refractivity contribution in [3.63, 3.8) is 0 Å². The Bertz CT molecular complexity index is 912. The summed E-state index contributed by atoms with van der Waals surface area (Å²) in [7, 11) is 0. The molecule has 0 saturated carbocycles. The van der Waals surface area contributed by atoms with Crippen LogP contribution in [0.4, 0.5) is 11.4 Å². The van der Waals surface area contributed by atoms with Crippen molar-refractivity contribution in [2.45, 2.75) is 20.3 Å². The zero-order valence-electron chi connectivity index (χ0n) is 16.5. The van der Waals surface area contributed by atoms with E-state index in [4.69, 9.17) is 9.47 Å². The lowest BCUT2D eigenvalue weighted by Crippen LogP contribution is -2.28. The molecule has 0 radical (unpaired) electrons. The fourth-order valence-electron chi connectivity index (χ4n) is 3.21. The number of hydrogen-bond donors (Lipinski definition) is 1. The molecule has 0 unspecified atom stereocenters. The van der Waals surface area contributed by atoms with Crippen molar-refractivity contribution in [2.75, 3.05) is 30.0 Å². The third-order valence-corrected chi connectivity index (χ3v) is 4.68. The second-order valence-electron chi connectivity index (χ2n) is 6.78. The Balaban J connectivity index is 1.57. The van der Waals surface area contributed by atoms with E-state index in [1.165, 1.54) is 4.90 Å². The summed E-state index contributed by atoms with van der Waals surface area (Å²) in [5.41, 5.74) is 2.22. The Labute approximate surface area is 169 Å². The van der Waals surface area contributed by atoms with Gasteiger partial charge >= 0.3 is 5.97 Å². The first-order valence-corrected chi connectivity index (χ1v) is 9.54. The van der Waals surface area contributed by atoms with Gasteiger partial charge in [0, 0.05) is 18.7 Å². The Morgan fingerprint density at radius 2 is 1.86 bits per heavy atom. The van der Waals surface area contributed by atoms with Gasteiger partial charge in [-0.2, -0.15) is 0 Å². The van der Waals surface area contributed by atoms with Gasteiger partial charge in [0.25, 0.3) is 5.91 Å². The molecule has 152 valence electrons. The number of carbonyl (C=O) groups is 3. The molecule has 1 saturated heterocycles. The number of amides is 2. The molecular formula is C22H24N2O5. The molecule has 2 aromatic carbocycles. The molecule has 1 aliphatic rings. The maximum absolute atomic E-state index is 12.4. The summed E-state index contributed by atoms with van der Waals surface area (Å²) in [6.45, 7) is 4.01. The number of esters is 1. The third kappa shape index (κ3) is 4.93. The number of benzene rings is 2. The van der Waals surface area contributed by atoms with Crippen molar-refractivity contribution < 1.29 is 23.9 Å². The lowest BCUT2D eigenvalue weighted by molar-refractivity contribution is -0.151. The zero-order valence-corrected chi connectivity index (χ0v) is 16.5. The summed E-state index contributed by atoms with van der Waals surface area (Å²) in [6, 6.07) is 14.5. The topological polar surface area (TPSA) is 84.9 Å². The monoisotopic (exact) mass is 396 g/mol. The second kappa shape index (κ2) is 9.23. The number of ether oxygens (including phenoxy) is 2. The first-order valence-electron chi connectivity index (χ1n) is 9.54. The molecule has 1 fully saturated rings. The average Bonchev–Trinajstić information content (AvgIpc) is 3.10. The highest BCUT2D eigenvalue weighted by Crippen LogP contribution is 2.33. The lowest BCUT2D eigenvalue weighted by Gasteiger charge is -2.20. The fraction of sp³-hybridized carbons (Fsp3) is 0.318. The molecule has 2 amide bonds. The van der Waals surface area contributed by atoms with Gasteiger partial charge in [0.1, 0.15) is 5.75 Å². The first-order chi connectivity index (χ1) is 14.0. The molecule has 0 spiro atoms. The van der Waals surface area contributed by atoms with Crippen LogP contribution in [-0.2, 0) is 19.1 Å². The molecule has 1 N–H and O–H groups in total. The highest BCUT2D eigenvalue weighted by atomic mass is 16.5. The van der Waals surface area contributed by atoms with Gasteiger partial charge in [-0.3, -0.25) is 14.4 Å². The molecular weight excluding hydrogens is 372 g/mol. The molecule has 0 aliphatic carbocycles. The van der Waals surface area contributed by atoms with E-state index >= 15 is 0 Å². The number of anilines is 2. The van der Waals surface area contributed by atoms with Gasteiger partial charge in [-0.1, -0.05) is 30.3 Å². The highest BCUT2D eigenvalue weighted by Gasteiger charge is 2.37. The van der Waals surface area contributed by atoms with Crippen LogP contribution in [0.2, 0.25) is 0 Å². The van der Waals surface area contributed by atoms with Crippen molar-refractivity contribution in [1.29, 1.82) is 0 Å². The minimum absolute atomic E-state index is 0.0404. The summed E-state index contributed by atoms with van der Waals surface area (Å²) >= 11 is 0. The molecule has 0 aromatic heterocycles. The normalized spacial score (nSPS) is 15.9. The van der Waals surface area contributed by atoms with E-state index in [1.807, 2.05) is 44.2 Å². The Morgan fingerprint density at radius 3 is 2.62 bits per heavy atom. The van der Waals surface area contributed by atoms with Gasteiger partial charge in [-0.25, -0.2) is 0 Å². The Morgan fingerprint density at radius 1 is 1.14 bits per heavy atom. The number of rotatable bonds is 7. The third-order valence-electron chi connectivity index (χ3n) is 4.68. The van der Waals surface area contributed by atoms with Crippen LogP contribution >= 0.6 is 0 Å². The van der Waals surface area contributed by atoms with Crippen LogP contribution in [0.15, 0.2) is 48.5 Å². The fourth-order valence-corrected chi connectivity index (χ4v) is 3.21. The number of para-hydroxylation sites is 3. The van der Waals surface area contributed by atoms with Crippen LogP contribution in [0.3, 0.4) is 0 Å². The summed E-state index contributed by atoms with van der Waals surface area (Å²) in [4.78, 5) is 38.4. The van der Waals surface area contributed by atoms with Crippen LogP contribution in [0, 0.1) is 12.8 Å². The molecule has 2 aromatic rings. The zero-order chi connectivity index (χ0) is 20.8. The van der Waals surface area contributed by atoms with Crippen molar-refractivity contribution in [1.82, 2.24) is 0 Å². The van der Waals surface area contributed by atoms with Crippen molar-refractivity contribution in [3.8, 4) is 5.75 Å². The number of nitrogens with one attached hydrogen (secondary N) is 1. The maximum Gasteiger partial charge on any atom is 0.311 e. The summed E-state index contributed by atoms with van der Waals surface area (Å²) in [5.74, 6) is -1.19. The number of nitrogens with zero attached hydrogens (tertiary/aromatic N) is 1. The van der Waals surface area contributed by atoms with Crippen LogP contribution in [-0.4, -0.2) is 37.5 Å². The van der Waals surface area contributed by atoms with Gasteiger partial charge in [0.15, 0.2) is 6.61 Å². The molecule has 1 aliphatic heterocycles. The largest absolute Gasteiger partial charge is 0.492 e. The van der Waals surface area contributed by atoms with Crippen LogP contribution in [0.25, 0.3) is 0 Å². The van der Waals surface area contributed by atoms with Crippen molar-refractivity contribution in [3.05, 3.63) is 54.1 Å². The maximum atomic E-state index is 12.4. The van der Waals surface area contributed by atoms with Gasteiger partial charge in [-0.05, 0) is 37.6 Å². The van der Waals surface area contributed by atoms with E-state index in [-0.39, 0.29) is 18.9 Å². The second-order valence-corrected chi connectivity index (χ2v) is 6.78. The van der Waals surface area contributed by atoms with E-state index < -0.39 is 24.4 Å².